The van der Waals surface area contributed by atoms with Crippen LogP contribution in [-0.4, -0.2) is 21.6 Å². The van der Waals surface area contributed by atoms with Gasteiger partial charge < -0.3 is 3.79 Å². The predicted octanol–water partition coefficient (Wildman–Crippen LogP) is 16.6. The Balaban J connectivity index is 0.000000348. The lowest BCUT2D eigenvalue weighted by molar-refractivity contribution is 0.622. The van der Waals surface area contributed by atoms with Crippen LogP contribution in [0.25, 0.3) is 110 Å². The van der Waals surface area contributed by atoms with Gasteiger partial charge in [-0.05, 0) is 148 Å². The summed E-state index contributed by atoms with van der Waals surface area (Å²) in [4.78, 5) is 4.23. The second kappa shape index (κ2) is 18.2. The summed E-state index contributed by atoms with van der Waals surface area (Å²) in [6, 6.07) is 89.7. The fourth-order valence-electron chi connectivity index (χ4n) is 9.47. The standard InChI is InChI=1S/C54H36.C9H7NO.Al.H/c1-7-19-37(20-8-1)43-31-49-50(32-44(43)38-21-9-2-10-22-38)52-34-46(40-25-13-4-14-26-40)48(42-29-17-6-18-30-42)36-54(52)53-35-47(41-27-15-5-16-28-41)45(33-51(49)53)39-23-11-3-12-24-39;11-8-5-1-3-7-4-2-6-10-9(7)8;;/h1-36H;1-6,11H;;/q;;+1;/p-1. The Morgan fingerprint density at radius 1 is 0.273 bits per heavy atom. The van der Waals surface area contributed by atoms with Crippen molar-refractivity contribution in [1.82, 2.24) is 4.98 Å². The summed E-state index contributed by atoms with van der Waals surface area (Å²) < 4.78 is 5.19. The van der Waals surface area contributed by atoms with Gasteiger partial charge in [0.15, 0.2) is 0 Å². The third kappa shape index (κ3) is 7.82. The Labute approximate surface area is 393 Å². The van der Waals surface area contributed by atoms with E-state index in [1.165, 1.54) is 116 Å². The summed E-state index contributed by atoms with van der Waals surface area (Å²) in [5.41, 5.74) is 15.6. The summed E-state index contributed by atoms with van der Waals surface area (Å²) in [6.07, 6.45) is 1.77. The van der Waals surface area contributed by atoms with Crippen LogP contribution in [0.5, 0.6) is 5.75 Å². The number of fused-ring (bicyclic) bond motifs is 7. The second-order valence-electron chi connectivity index (χ2n) is 16.5. The van der Waals surface area contributed by atoms with E-state index in [-0.39, 0.29) is 0 Å². The first-order valence-corrected chi connectivity index (χ1v) is 22.9. The molecule has 0 N–H and O–H groups in total. The molecule has 1 aromatic heterocycles. The third-order valence-corrected chi connectivity index (χ3v) is 12.9. The smallest absolute Gasteiger partial charge is 0.494 e. The quantitative estimate of drug-likeness (QED) is 0.118. The Kier molecular flexibility index (Phi) is 11.2. The first kappa shape index (κ1) is 40.7. The van der Waals surface area contributed by atoms with Gasteiger partial charge in [-0.25, -0.2) is 0 Å². The number of nitrogens with zero attached hydrogens (tertiary/aromatic N) is 1. The fourth-order valence-corrected chi connectivity index (χ4v) is 9.70. The minimum absolute atomic E-state index is 0.839. The van der Waals surface area contributed by atoms with Crippen molar-refractivity contribution in [2.24, 2.45) is 0 Å². The lowest BCUT2D eigenvalue weighted by Crippen LogP contribution is -1.94. The van der Waals surface area contributed by atoms with Gasteiger partial charge in [-0.3, -0.25) is 4.98 Å². The maximum Gasteiger partial charge on any atom is 0.494 e. The molecule has 309 valence electrons. The van der Waals surface area contributed by atoms with Crippen molar-refractivity contribution >= 4 is 59.8 Å². The van der Waals surface area contributed by atoms with E-state index < -0.39 is 0 Å². The first-order valence-electron chi connectivity index (χ1n) is 22.4. The largest absolute Gasteiger partial charge is 0.649 e. The van der Waals surface area contributed by atoms with Crippen LogP contribution in [0.2, 0.25) is 0 Å². The molecule has 11 aromatic carbocycles. The van der Waals surface area contributed by atoms with Gasteiger partial charge in [0.25, 0.3) is 0 Å². The molecule has 0 saturated heterocycles. The van der Waals surface area contributed by atoms with Crippen LogP contribution in [0, 0.1) is 0 Å². The number of hydrogen-bond acceptors (Lipinski definition) is 2. The highest BCUT2D eigenvalue weighted by Crippen LogP contribution is 2.48. The monoisotopic (exact) mass is 856 g/mol. The molecule has 0 aliphatic rings. The van der Waals surface area contributed by atoms with Crippen molar-refractivity contribution in [1.29, 1.82) is 0 Å². The molecule has 12 rings (SSSR count). The molecule has 12 aromatic rings. The van der Waals surface area contributed by atoms with E-state index in [1.54, 1.807) is 6.20 Å². The van der Waals surface area contributed by atoms with Crippen molar-refractivity contribution in [2.75, 3.05) is 0 Å². The van der Waals surface area contributed by atoms with Crippen LogP contribution in [0.1, 0.15) is 0 Å². The number of rotatable bonds is 7. The van der Waals surface area contributed by atoms with Gasteiger partial charge in [-0.15, -0.1) is 0 Å². The number of hydrogen-bond donors (Lipinski definition) is 0. The van der Waals surface area contributed by atoms with Crippen molar-refractivity contribution in [3.63, 3.8) is 0 Å². The number of pyridine rings is 1. The highest BCUT2D eigenvalue weighted by Gasteiger charge is 2.20. The van der Waals surface area contributed by atoms with Crippen LogP contribution in [0.4, 0.5) is 0 Å². The molecule has 0 atom stereocenters. The molecule has 0 unspecified atom stereocenters. The number of benzene rings is 11. The molecule has 66 heavy (non-hydrogen) atoms. The molecule has 2 nitrogen and oxygen atoms in total. The number of aromatic nitrogens is 1. The van der Waals surface area contributed by atoms with Crippen molar-refractivity contribution < 1.29 is 3.79 Å². The molecule has 0 fully saturated rings. The molecule has 1 heterocycles. The third-order valence-electron chi connectivity index (χ3n) is 12.6. The predicted molar refractivity (Wildman–Crippen MR) is 281 cm³/mol. The highest BCUT2D eigenvalue weighted by atomic mass is 27.1. The summed E-state index contributed by atoms with van der Waals surface area (Å²) in [5.74, 6) is 0.839. The van der Waals surface area contributed by atoms with Crippen molar-refractivity contribution in [3.8, 4) is 72.5 Å². The van der Waals surface area contributed by atoms with Gasteiger partial charge in [-0.2, -0.15) is 0 Å². The number of para-hydroxylation sites is 1. The van der Waals surface area contributed by atoms with Gasteiger partial charge in [0, 0.05) is 11.6 Å². The van der Waals surface area contributed by atoms with Gasteiger partial charge in [0.1, 0.15) is 11.3 Å². The molecule has 0 spiro atoms. The molecule has 1 radical (unpaired) electrons. The van der Waals surface area contributed by atoms with E-state index in [0.29, 0.717) is 0 Å². The molecule has 0 bridgehead atoms. The fraction of sp³-hybridized carbons (Fsp3) is 0. The maximum atomic E-state index is 5.19. The molecule has 0 aliphatic heterocycles. The Hall–Kier alpha value is -8.06. The summed E-state index contributed by atoms with van der Waals surface area (Å²) in [6.45, 7) is 0. The average Bonchev–Trinajstić information content (AvgIpc) is 3.41. The topological polar surface area (TPSA) is 22.1 Å². The SMILES string of the molecule is [AlH][O]c1cccc2cccnc12.c1ccc(-c2cc3c4cc(-c5ccccc5)c(-c5ccccc5)cc4c4cc(-c5ccccc5)c(-c5ccccc5)cc4c3cc2-c2ccccc2)cc1. The summed E-state index contributed by atoms with van der Waals surface area (Å²) >= 11 is 1.47. The van der Waals surface area contributed by atoms with Crippen molar-refractivity contribution in [2.45, 2.75) is 0 Å². The normalized spacial score (nSPS) is 11.1. The van der Waals surface area contributed by atoms with Crippen LogP contribution in [0.3, 0.4) is 0 Å². The van der Waals surface area contributed by atoms with Crippen LogP contribution < -0.4 is 3.79 Å². The van der Waals surface area contributed by atoms with E-state index in [2.05, 4.69) is 223 Å². The van der Waals surface area contributed by atoms with E-state index >= 15 is 0 Å². The van der Waals surface area contributed by atoms with Crippen LogP contribution >= 0.6 is 0 Å². The highest BCUT2D eigenvalue weighted by molar-refractivity contribution is 6.29. The lowest BCUT2D eigenvalue weighted by atomic mass is 9.82. The Morgan fingerprint density at radius 2 is 0.530 bits per heavy atom. The Bertz CT molecular complexity index is 3070. The lowest BCUT2D eigenvalue weighted by Gasteiger charge is -2.21. The van der Waals surface area contributed by atoms with E-state index in [4.69, 9.17) is 3.79 Å². The zero-order valence-electron chi connectivity index (χ0n) is 36.3. The average molecular weight is 857 g/mol. The van der Waals surface area contributed by atoms with Gasteiger partial charge in [-0.1, -0.05) is 200 Å². The molecule has 0 aliphatic carbocycles. The molecule has 0 amide bonds. The van der Waals surface area contributed by atoms with E-state index in [1.807, 2.05) is 30.3 Å². The minimum atomic E-state index is 0.839. The van der Waals surface area contributed by atoms with Gasteiger partial charge >= 0.3 is 16.6 Å². The van der Waals surface area contributed by atoms with Gasteiger partial charge in [0.05, 0.1) is 0 Å². The van der Waals surface area contributed by atoms with Crippen LogP contribution in [0.15, 0.2) is 255 Å². The first-order chi connectivity index (χ1) is 32.7. The molecule has 3 heteroatoms. The van der Waals surface area contributed by atoms with Crippen LogP contribution in [-0.2, 0) is 0 Å². The van der Waals surface area contributed by atoms with Crippen molar-refractivity contribution in [3.05, 3.63) is 255 Å². The maximum absolute atomic E-state index is 5.19. The summed E-state index contributed by atoms with van der Waals surface area (Å²) in [7, 11) is 0. The van der Waals surface area contributed by atoms with E-state index in [9.17, 15) is 0 Å². The van der Waals surface area contributed by atoms with Gasteiger partial charge in [0.2, 0.25) is 0 Å². The molecule has 0 saturated carbocycles. The molecular weight excluding hydrogens is 814 g/mol. The summed E-state index contributed by atoms with van der Waals surface area (Å²) in [5, 5.41) is 8.61. The Morgan fingerprint density at radius 3 is 0.788 bits per heavy atom. The zero-order valence-corrected chi connectivity index (χ0v) is 37.7. The minimum Gasteiger partial charge on any atom is -0.649 e. The molecular formula is C63H43AlNO. The zero-order chi connectivity index (χ0) is 44.2. The van der Waals surface area contributed by atoms with E-state index in [0.717, 1.165) is 16.7 Å². The second-order valence-corrected chi connectivity index (χ2v) is 16.8.